The van der Waals surface area contributed by atoms with E-state index in [4.69, 9.17) is 9.47 Å². The van der Waals surface area contributed by atoms with Crippen LogP contribution in [0.1, 0.15) is 44.7 Å². The number of hydrogen-bond acceptors (Lipinski definition) is 5. The van der Waals surface area contributed by atoms with E-state index in [0.717, 1.165) is 22.3 Å². The van der Waals surface area contributed by atoms with Crippen molar-refractivity contribution in [2.75, 3.05) is 13.2 Å². The van der Waals surface area contributed by atoms with Crippen LogP contribution >= 0.6 is 0 Å². The van der Waals surface area contributed by atoms with Crippen molar-refractivity contribution in [3.63, 3.8) is 0 Å². The lowest BCUT2D eigenvalue weighted by atomic mass is 9.98. The molecule has 8 heteroatoms. The van der Waals surface area contributed by atoms with E-state index in [1.165, 1.54) is 4.90 Å². The molecular weight excluding hydrogens is 436 g/mol. The summed E-state index contributed by atoms with van der Waals surface area (Å²) in [5.74, 6) is -2.06. The topological polar surface area (TPSA) is 105 Å². The van der Waals surface area contributed by atoms with Gasteiger partial charge in [0.1, 0.15) is 18.4 Å². The van der Waals surface area contributed by atoms with Gasteiger partial charge in [0, 0.05) is 5.92 Å². The first kappa shape index (κ1) is 23.8. The van der Waals surface area contributed by atoms with E-state index < -0.39 is 35.8 Å². The fourth-order valence-corrected chi connectivity index (χ4v) is 4.83. The average Bonchev–Trinajstić information content (AvgIpc) is 3.29. The molecule has 4 rings (SSSR count). The molecule has 0 saturated carbocycles. The number of carbonyl (C=O) groups is 3. The highest BCUT2D eigenvalue weighted by Crippen LogP contribution is 2.44. The minimum absolute atomic E-state index is 0.103. The third-order valence-corrected chi connectivity index (χ3v) is 6.56. The Balaban J connectivity index is 1.47. The van der Waals surface area contributed by atoms with Crippen molar-refractivity contribution in [1.82, 2.24) is 10.2 Å². The third kappa shape index (κ3) is 4.25. The lowest BCUT2D eigenvalue weighted by molar-refractivity contribution is -0.157. The van der Waals surface area contributed by atoms with Gasteiger partial charge in [0.05, 0.1) is 6.61 Å². The molecule has 2 amide bonds. The van der Waals surface area contributed by atoms with Gasteiger partial charge in [-0.1, -0.05) is 62.4 Å². The standard InChI is InChI=1S/C26H30N2O6/c1-15(2)22(23(29)28-21(24(30)31)14-34-26(28,3)4)27-25(32)33-13-20-18-11-7-5-9-16(18)17-10-6-8-12-19(17)20/h5-12,15,20-22H,13-14H2,1-4H3,(H,27,32)(H,30,31)/t21?,22-/m0/s1. The summed E-state index contributed by atoms with van der Waals surface area (Å²) in [5, 5.41) is 12.2. The second-order valence-electron chi connectivity index (χ2n) is 9.51. The Bertz CT molecular complexity index is 1070. The summed E-state index contributed by atoms with van der Waals surface area (Å²) in [5.41, 5.74) is 3.33. The number of alkyl carbamates (subject to hydrolysis) is 1. The summed E-state index contributed by atoms with van der Waals surface area (Å²) in [4.78, 5) is 39.0. The number of nitrogens with one attached hydrogen (secondary N) is 1. The molecular formula is C26H30N2O6. The number of nitrogens with zero attached hydrogens (tertiary/aromatic N) is 1. The molecule has 1 saturated heterocycles. The number of carbonyl (C=O) groups excluding carboxylic acids is 2. The summed E-state index contributed by atoms with van der Waals surface area (Å²) < 4.78 is 11.1. The van der Waals surface area contributed by atoms with Crippen molar-refractivity contribution >= 4 is 18.0 Å². The number of carboxylic acids is 1. The van der Waals surface area contributed by atoms with E-state index in [1.807, 2.05) is 36.4 Å². The van der Waals surface area contributed by atoms with Crippen molar-refractivity contribution in [1.29, 1.82) is 0 Å². The van der Waals surface area contributed by atoms with Crippen LogP contribution in [0.25, 0.3) is 11.1 Å². The summed E-state index contributed by atoms with van der Waals surface area (Å²) in [6, 6.07) is 14.0. The Labute approximate surface area is 198 Å². The van der Waals surface area contributed by atoms with Crippen LogP contribution in [-0.4, -0.2) is 59.0 Å². The summed E-state index contributed by atoms with van der Waals surface area (Å²) in [7, 11) is 0. The van der Waals surface area contributed by atoms with Crippen LogP contribution in [0.2, 0.25) is 0 Å². The first-order valence-electron chi connectivity index (χ1n) is 11.4. The Morgan fingerprint density at radius 3 is 2.18 bits per heavy atom. The molecule has 8 nitrogen and oxygen atoms in total. The largest absolute Gasteiger partial charge is 0.480 e. The van der Waals surface area contributed by atoms with Gasteiger partial charge in [-0.3, -0.25) is 9.69 Å². The van der Waals surface area contributed by atoms with Crippen LogP contribution < -0.4 is 5.32 Å². The minimum Gasteiger partial charge on any atom is -0.480 e. The van der Waals surface area contributed by atoms with E-state index in [2.05, 4.69) is 17.4 Å². The van der Waals surface area contributed by atoms with Gasteiger partial charge in [-0.2, -0.15) is 0 Å². The molecule has 0 bridgehead atoms. The van der Waals surface area contributed by atoms with E-state index >= 15 is 0 Å². The number of carboxylic acid groups (broad SMARTS) is 1. The third-order valence-electron chi connectivity index (χ3n) is 6.56. The number of fused-ring (bicyclic) bond motifs is 3. The zero-order valence-corrected chi connectivity index (χ0v) is 19.8. The monoisotopic (exact) mass is 466 g/mol. The molecule has 1 heterocycles. The van der Waals surface area contributed by atoms with Crippen LogP contribution in [0, 0.1) is 5.92 Å². The quantitative estimate of drug-likeness (QED) is 0.674. The lowest BCUT2D eigenvalue weighted by Gasteiger charge is -2.36. The number of amides is 2. The fraction of sp³-hybridized carbons (Fsp3) is 0.423. The van der Waals surface area contributed by atoms with E-state index in [9.17, 15) is 19.5 Å². The molecule has 1 aliphatic heterocycles. The van der Waals surface area contributed by atoms with Crippen LogP contribution in [0.4, 0.5) is 4.79 Å². The first-order valence-corrected chi connectivity index (χ1v) is 11.4. The van der Waals surface area contributed by atoms with Crippen LogP contribution in [-0.2, 0) is 19.1 Å². The van der Waals surface area contributed by atoms with Crippen LogP contribution in [0.15, 0.2) is 48.5 Å². The Morgan fingerprint density at radius 2 is 1.65 bits per heavy atom. The van der Waals surface area contributed by atoms with Crippen molar-refractivity contribution in [2.24, 2.45) is 5.92 Å². The Kier molecular flexibility index (Phi) is 6.36. The molecule has 1 fully saturated rings. The first-order chi connectivity index (χ1) is 16.1. The highest BCUT2D eigenvalue weighted by molar-refractivity contribution is 5.90. The zero-order valence-electron chi connectivity index (χ0n) is 19.8. The van der Waals surface area contributed by atoms with Crippen molar-refractivity contribution in [3.05, 3.63) is 59.7 Å². The van der Waals surface area contributed by atoms with Gasteiger partial charge < -0.3 is 19.9 Å². The van der Waals surface area contributed by atoms with E-state index in [0.29, 0.717) is 0 Å². The van der Waals surface area contributed by atoms with Gasteiger partial charge in [0.15, 0.2) is 6.04 Å². The van der Waals surface area contributed by atoms with Gasteiger partial charge in [-0.25, -0.2) is 9.59 Å². The minimum atomic E-state index is -1.15. The molecule has 1 unspecified atom stereocenters. The Hall–Kier alpha value is -3.39. The maximum absolute atomic E-state index is 13.4. The normalized spacial score (nSPS) is 19.4. The number of aliphatic carboxylic acids is 1. The van der Waals surface area contributed by atoms with Gasteiger partial charge in [0.2, 0.25) is 5.91 Å². The van der Waals surface area contributed by atoms with Crippen LogP contribution in [0.5, 0.6) is 0 Å². The molecule has 34 heavy (non-hydrogen) atoms. The van der Waals surface area contributed by atoms with Gasteiger partial charge in [0.25, 0.3) is 0 Å². The molecule has 0 radical (unpaired) electrons. The maximum atomic E-state index is 13.4. The second-order valence-corrected chi connectivity index (χ2v) is 9.51. The van der Waals surface area contributed by atoms with Crippen molar-refractivity contribution in [3.8, 4) is 11.1 Å². The molecule has 2 N–H and O–H groups in total. The van der Waals surface area contributed by atoms with E-state index in [1.54, 1.807) is 27.7 Å². The highest BCUT2D eigenvalue weighted by Gasteiger charge is 2.49. The van der Waals surface area contributed by atoms with Gasteiger partial charge in [-0.05, 0) is 42.0 Å². The predicted octanol–water partition coefficient (Wildman–Crippen LogP) is 3.60. The number of benzene rings is 2. The predicted molar refractivity (Wildman–Crippen MR) is 125 cm³/mol. The summed E-state index contributed by atoms with van der Waals surface area (Å²) in [6.45, 7) is 6.86. The SMILES string of the molecule is CC(C)[C@H](NC(=O)OCC1c2ccccc2-c2ccccc21)C(=O)N1C(C(=O)O)COC1(C)C. The summed E-state index contributed by atoms with van der Waals surface area (Å²) >= 11 is 0. The number of hydrogen-bond donors (Lipinski definition) is 2. The number of rotatable bonds is 6. The number of ether oxygens (including phenoxy) is 2. The molecule has 180 valence electrons. The lowest BCUT2D eigenvalue weighted by Crippen LogP contribution is -2.59. The molecule has 2 aromatic carbocycles. The van der Waals surface area contributed by atoms with Crippen LogP contribution in [0.3, 0.4) is 0 Å². The maximum Gasteiger partial charge on any atom is 0.407 e. The molecule has 0 spiro atoms. The highest BCUT2D eigenvalue weighted by atomic mass is 16.6. The average molecular weight is 467 g/mol. The summed E-state index contributed by atoms with van der Waals surface area (Å²) in [6.07, 6.45) is -0.723. The fourth-order valence-electron chi connectivity index (χ4n) is 4.83. The van der Waals surface area contributed by atoms with Gasteiger partial charge in [-0.15, -0.1) is 0 Å². The molecule has 2 atom stereocenters. The van der Waals surface area contributed by atoms with E-state index in [-0.39, 0.29) is 25.0 Å². The van der Waals surface area contributed by atoms with Gasteiger partial charge >= 0.3 is 12.1 Å². The molecule has 2 aliphatic rings. The molecule has 1 aliphatic carbocycles. The van der Waals surface area contributed by atoms with Crippen molar-refractivity contribution < 1.29 is 29.0 Å². The Morgan fingerprint density at radius 1 is 1.09 bits per heavy atom. The second kappa shape index (κ2) is 9.10. The van der Waals surface area contributed by atoms with Crippen molar-refractivity contribution in [2.45, 2.75) is 51.4 Å². The molecule has 2 aromatic rings. The molecule has 0 aromatic heterocycles. The smallest absolute Gasteiger partial charge is 0.407 e. The zero-order chi connectivity index (χ0) is 24.6.